The van der Waals surface area contributed by atoms with Gasteiger partial charge in [-0.2, -0.15) is 0 Å². The minimum absolute atomic E-state index is 0.264. The van der Waals surface area contributed by atoms with Gasteiger partial charge in [0.2, 0.25) is 0 Å². The largest absolute Gasteiger partial charge is 0.573 e. The molecule has 35 heavy (non-hydrogen) atoms. The third-order valence-electron chi connectivity index (χ3n) is 6.48. The highest BCUT2D eigenvalue weighted by molar-refractivity contribution is 5.97. The monoisotopic (exact) mass is 477 g/mol. The molecule has 3 aromatic heterocycles. The number of hydrogen-bond acceptors (Lipinski definition) is 4. The van der Waals surface area contributed by atoms with Crippen molar-refractivity contribution in [3.8, 4) is 28.0 Å². The maximum absolute atomic E-state index is 12.7. The van der Waals surface area contributed by atoms with E-state index < -0.39 is 6.36 Å². The molecule has 0 spiro atoms. The van der Waals surface area contributed by atoms with Crippen molar-refractivity contribution < 1.29 is 17.9 Å². The van der Waals surface area contributed by atoms with Crippen molar-refractivity contribution in [1.29, 1.82) is 0 Å². The fourth-order valence-electron chi connectivity index (χ4n) is 4.83. The summed E-state index contributed by atoms with van der Waals surface area (Å²) in [6.45, 7) is 1.97. The SMILES string of the molecule is FC(F)(F)Oc1cccc(-c2cnc3[nH]cc(-c4ccc5ncn(C6CCCNC6)c5c4)c3c2)c1. The van der Waals surface area contributed by atoms with E-state index in [2.05, 4.69) is 35.6 Å². The second kappa shape index (κ2) is 8.42. The normalized spacial score (nSPS) is 16.7. The molecule has 1 saturated heterocycles. The number of aromatic amines is 1. The van der Waals surface area contributed by atoms with Crippen LogP contribution in [0.1, 0.15) is 18.9 Å². The van der Waals surface area contributed by atoms with Gasteiger partial charge < -0.3 is 19.6 Å². The number of benzene rings is 2. The summed E-state index contributed by atoms with van der Waals surface area (Å²) in [6.07, 6.45) is 2.97. The number of aromatic nitrogens is 4. The highest BCUT2D eigenvalue weighted by Gasteiger charge is 2.31. The third kappa shape index (κ3) is 4.23. The summed E-state index contributed by atoms with van der Waals surface area (Å²) in [6, 6.07) is 14.4. The first-order chi connectivity index (χ1) is 16.9. The number of rotatable bonds is 4. The Balaban J connectivity index is 1.40. The van der Waals surface area contributed by atoms with Gasteiger partial charge in [0.1, 0.15) is 11.4 Å². The van der Waals surface area contributed by atoms with E-state index in [4.69, 9.17) is 0 Å². The van der Waals surface area contributed by atoms with E-state index in [1.54, 1.807) is 12.3 Å². The van der Waals surface area contributed by atoms with Crippen molar-refractivity contribution in [3.05, 3.63) is 67.3 Å². The zero-order chi connectivity index (χ0) is 24.0. The number of pyridine rings is 1. The van der Waals surface area contributed by atoms with Crippen LogP contribution in [0, 0.1) is 0 Å². The van der Waals surface area contributed by atoms with Crippen LogP contribution in [0.2, 0.25) is 0 Å². The smallest absolute Gasteiger partial charge is 0.406 e. The first-order valence-corrected chi connectivity index (χ1v) is 11.5. The summed E-state index contributed by atoms with van der Waals surface area (Å²) in [5, 5.41) is 4.34. The molecule has 0 aliphatic carbocycles. The fraction of sp³-hybridized carbons (Fsp3) is 0.231. The number of H-pyrrole nitrogens is 1. The van der Waals surface area contributed by atoms with Crippen molar-refractivity contribution in [2.24, 2.45) is 0 Å². The van der Waals surface area contributed by atoms with Gasteiger partial charge in [-0.25, -0.2) is 9.97 Å². The van der Waals surface area contributed by atoms with Gasteiger partial charge >= 0.3 is 6.36 Å². The zero-order valence-corrected chi connectivity index (χ0v) is 18.6. The molecule has 1 aliphatic heterocycles. The van der Waals surface area contributed by atoms with Gasteiger partial charge in [0.25, 0.3) is 0 Å². The van der Waals surface area contributed by atoms with Gasteiger partial charge in [-0.3, -0.25) is 0 Å². The molecule has 178 valence electrons. The lowest BCUT2D eigenvalue weighted by Gasteiger charge is -2.24. The quantitative estimate of drug-likeness (QED) is 0.330. The number of imidazole rings is 1. The third-order valence-corrected chi connectivity index (χ3v) is 6.48. The maximum Gasteiger partial charge on any atom is 0.573 e. The van der Waals surface area contributed by atoms with E-state index in [-0.39, 0.29) is 5.75 Å². The minimum atomic E-state index is -4.74. The first-order valence-electron chi connectivity index (χ1n) is 11.5. The second-order valence-corrected chi connectivity index (χ2v) is 8.75. The minimum Gasteiger partial charge on any atom is -0.406 e. The number of fused-ring (bicyclic) bond motifs is 2. The molecule has 6 nitrogen and oxygen atoms in total. The molecule has 1 fully saturated rings. The van der Waals surface area contributed by atoms with Crippen LogP contribution in [0.5, 0.6) is 5.75 Å². The molecule has 1 unspecified atom stereocenters. The molecule has 6 rings (SSSR count). The molecule has 0 saturated carbocycles. The van der Waals surface area contributed by atoms with Gasteiger partial charge in [-0.1, -0.05) is 18.2 Å². The van der Waals surface area contributed by atoms with Crippen LogP contribution >= 0.6 is 0 Å². The summed E-state index contributed by atoms with van der Waals surface area (Å²) >= 11 is 0. The van der Waals surface area contributed by atoms with Gasteiger partial charge in [0.15, 0.2) is 0 Å². The molecule has 1 atom stereocenters. The van der Waals surface area contributed by atoms with Crippen molar-refractivity contribution >= 4 is 22.1 Å². The van der Waals surface area contributed by atoms with Crippen LogP contribution in [0.15, 0.2) is 67.3 Å². The Kier molecular flexibility index (Phi) is 5.21. The Morgan fingerprint density at radius 3 is 2.74 bits per heavy atom. The van der Waals surface area contributed by atoms with Crippen molar-refractivity contribution in [2.75, 3.05) is 13.1 Å². The van der Waals surface area contributed by atoms with Crippen LogP contribution in [0.25, 0.3) is 44.3 Å². The molecule has 2 aromatic carbocycles. The zero-order valence-electron chi connectivity index (χ0n) is 18.6. The van der Waals surface area contributed by atoms with Crippen molar-refractivity contribution in [3.63, 3.8) is 0 Å². The summed E-state index contributed by atoms with van der Waals surface area (Å²) in [7, 11) is 0. The topological polar surface area (TPSA) is 67.8 Å². The molecule has 1 aliphatic rings. The summed E-state index contributed by atoms with van der Waals surface area (Å²) in [4.78, 5) is 12.3. The van der Waals surface area contributed by atoms with Crippen LogP contribution in [0.4, 0.5) is 13.2 Å². The number of nitrogens with one attached hydrogen (secondary N) is 2. The molecule has 9 heteroatoms. The molecular weight excluding hydrogens is 455 g/mol. The highest BCUT2D eigenvalue weighted by atomic mass is 19.4. The molecule has 4 heterocycles. The fourth-order valence-corrected chi connectivity index (χ4v) is 4.83. The van der Waals surface area contributed by atoms with E-state index in [0.717, 1.165) is 53.5 Å². The number of nitrogens with zero attached hydrogens (tertiary/aromatic N) is 3. The van der Waals surface area contributed by atoms with Crippen LogP contribution in [0.3, 0.4) is 0 Å². The van der Waals surface area contributed by atoms with Crippen LogP contribution < -0.4 is 10.1 Å². The summed E-state index contributed by atoms with van der Waals surface area (Å²) in [5.41, 5.74) is 6.00. The predicted molar refractivity (Wildman–Crippen MR) is 128 cm³/mol. The molecule has 2 N–H and O–H groups in total. The number of hydrogen-bond donors (Lipinski definition) is 2. The number of ether oxygens (including phenoxy) is 1. The molecular formula is C26H22F3N5O. The van der Waals surface area contributed by atoms with Crippen LogP contribution in [-0.4, -0.2) is 39.0 Å². The van der Waals surface area contributed by atoms with E-state index in [0.29, 0.717) is 22.8 Å². The highest BCUT2D eigenvalue weighted by Crippen LogP contribution is 2.34. The Bertz CT molecular complexity index is 1510. The lowest BCUT2D eigenvalue weighted by molar-refractivity contribution is -0.274. The van der Waals surface area contributed by atoms with Gasteiger partial charge in [-0.15, -0.1) is 13.2 Å². The number of alkyl halides is 3. The Labute approximate surface area is 198 Å². The van der Waals surface area contributed by atoms with Gasteiger partial charge in [0, 0.05) is 41.5 Å². The lowest BCUT2D eigenvalue weighted by Crippen LogP contribution is -2.31. The van der Waals surface area contributed by atoms with E-state index in [1.807, 2.05) is 30.7 Å². The van der Waals surface area contributed by atoms with E-state index in [9.17, 15) is 13.2 Å². The Hall–Kier alpha value is -3.85. The molecule has 5 aromatic rings. The van der Waals surface area contributed by atoms with Crippen molar-refractivity contribution in [1.82, 2.24) is 24.8 Å². The summed E-state index contributed by atoms with van der Waals surface area (Å²) < 4.78 is 44.3. The standard InChI is InChI=1S/C26H22F3N5O/c27-26(28,29)35-20-5-1-3-16(9-20)18-10-21-22(14-32-25(21)31-12-18)17-6-7-23-24(11-17)34(15-33-23)19-4-2-8-30-13-19/h1,3,5-7,9-12,14-15,19,30H,2,4,8,13H2,(H,31,32). The summed E-state index contributed by atoms with van der Waals surface area (Å²) in [5.74, 6) is -0.264. The van der Waals surface area contributed by atoms with Crippen molar-refractivity contribution in [2.45, 2.75) is 25.2 Å². The molecule has 0 radical (unpaired) electrons. The average Bonchev–Trinajstić information content (AvgIpc) is 3.47. The molecule has 0 bridgehead atoms. The second-order valence-electron chi connectivity index (χ2n) is 8.75. The Morgan fingerprint density at radius 1 is 1.00 bits per heavy atom. The lowest BCUT2D eigenvalue weighted by atomic mass is 10.0. The van der Waals surface area contributed by atoms with Crippen LogP contribution in [-0.2, 0) is 0 Å². The Morgan fingerprint density at radius 2 is 1.91 bits per heavy atom. The maximum atomic E-state index is 12.7. The van der Waals surface area contributed by atoms with E-state index in [1.165, 1.54) is 18.2 Å². The first kappa shape index (κ1) is 21.7. The molecule has 0 amide bonds. The van der Waals surface area contributed by atoms with Gasteiger partial charge in [0.05, 0.1) is 17.4 Å². The average molecular weight is 477 g/mol. The predicted octanol–water partition coefficient (Wildman–Crippen LogP) is 6.07. The van der Waals surface area contributed by atoms with Gasteiger partial charge in [-0.05, 0) is 60.8 Å². The van der Waals surface area contributed by atoms with E-state index >= 15 is 0 Å². The number of halogens is 3. The number of piperidine rings is 1.